The second kappa shape index (κ2) is 8.26. The molecule has 0 atom stereocenters. The van der Waals surface area contributed by atoms with Crippen LogP contribution in [0.4, 0.5) is 0 Å². The monoisotopic (exact) mass is 360 g/mol. The van der Waals surface area contributed by atoms with Gasteiger partial charge in [-0.15, -0.1) is 0 Å². The first-order chi connectivity index (χ1) is 12.9. The van der Waals surface area contributed by atoms with Crippen LogP contribution in [0, 0.1) is 5.80 Å². The zero-order chi connectivity index (χ0) is 19.4. The summed E-state index contributed by atoms with van der Waals surface area (Å²) in [5, 5.41) is 0. The van der Waals surface area contributed by atoms with Crippen LogP contribution in [-0.4, -0.2) is 39.0 Å². The quantitative estimate of drug-likeness (QED) is 0.620. The van der Waals surface area contributed by atoms with Crippen LogP contribution in [-0.2, 0) is 14.2 Å². The fourth-order valence-corrected chi connectivity index (χ4v) is 2.90. The molecule has 0 amide bonds. The SMILES string of the molecule is B#Cc1ccc(-c2cbcc(C3OCCCO3)c2)cc1C(=O)OC(C)(C)C. The van der Waals surface area contributed by atoms with Crippen molar-refractivity contribution in [3.63, 3.8) is 0 Å². The van der Waals surface area contributed by atoms with Crippen molar-refractivity contribution in [3.05, 3.63) is 52.9 Å². The van der Waals surface area contributed by atoms with E-state index in [1.54, 1.807) is 12.1 Å². The topological polar surface area (TPSA) is 44.8 Å². The molecule has 0 spiro atoms. The summed E-state index contributed by atoms with van der Waals surface area (Å²) in [7, 11) is 5.57. The third-order valence-corrected chi connectivity index (χ3v) is 4.11. The molecule has 0 unspecified atom stereocenters. The van der Waals surface area contributed by atoms with Gasteiger partial charge in [0.2, 0.25) is 0 Å². The molecule has 0 saturated carbocycles. The number of benzene rings is 1. The van der Waals surface area contributed by atoms with E-state index in [9.17, 15) is 4.79 Å². The van der Waals surface area contributed by atoms with E-state index >= 15 is 0 Å². The van der Waals surface area contributed by atoms with Gasteiger partial charge >= 0.3 is 161 Å². The van der Waals surface area contributed by atoms with Gasteiger partial charge in [0.1, 0.15) is 0 Å². The van der Waals surface area contributed by atoms with Crippen LogP contribution < -0.4 is 0 Å². The van der Waals surface area contributed by atoms with Crippen LogP contribution in [0.15, 0.2) is 36.2 Å². The summed E-state index contributed by atoms with van der Waals surface area (Å²) in [4.78, 5) is 12.6. The number of hydrogen-bond acceptors (Lipinski definition) is 4. The Morgan fingerprint density at radius 3 is 2.59 bits per heavy atom. The van der Waals surface area contributed by atoms with E-state index in [-0.39, 0.29) is 6.29 Å². The van der Waals surface area contributed by atoms with Crippen LogP contribution in [0.2, 0.25) is 0 Å². The summed E-state index contributed by atoms with van der Waals surface area (Å²) in [6.07, 6.45) is 0.553. The maximum absolute atomic E-state index is 12.6. The second-order valence-electron chi connectivity index (χ2n) is 7.46. The molecule has 136 valence electrons. The summed E-state index contributed by atoms with van der Waals surface area (Å²) < 4.78 is 16.9. The number of rotatable bonds is 3. The fraction of sp³-hybridized carbons (Fsp3) is 0.381. The molecule has 3 rings (SSSR count). The van der Waals surface area contributed by atoms with E-state index in [0.717, 1.165) is 23.1 Å². The number of ether oxygens (including phenoxy) is 3. The van der Waals surface area contributed by atoms with Crippen molar-refractivity contribution in [1.82, 2.24) is 0 Å². The molecule has 4 nitrogen and oxygen atoms in total. The first kappa shape index (κ1) is 19.6. The van der Waals surface area contributed by atoms with Gasteiger partial charge in [0.25, 0.3) is 0 Å². The van der Waals surface area contributed by atoms with Gasteiger partial charge in [-0.2, -0.15) is 0 Å². The van der Waals surface area contributed by atoms with Crippen molar-refractivity contribution in [1.29, 1.82) is 0 Å². The zero-order valence-corrected chi connectivity index (χ0v) is 16.0. The van der Waals surface area contributed by atoms with Crippen LogP contribution in [0.25, 0.3) is 11.1 Å². The van der Waals surface area contributed by atoms with Gasteiger partial charge in [-0.05, 0) is 0 Å². The van der Waals surface area contributed by atoms with E-state index in [0.29, 0.717) is 24.3 Å². The first-order valence-electron chi connectivity index (χ1n) is 9.05. The van der Waals surface area contributed by atoms with Crippen molar-refractivity contribution < 1.29 is 19.0 Å². The molecule has 1 saturated heterocycles. The van der Waals surface area contributed by atoms with Gasteiger partial charge in [-0.3, -0.25) is 0 Å². The Morgan fingerprint density at radius 1 is 1.19 bits per heavy atom. The molecule has 0 aliphatic carbocycles. The maximum atomic E-state index is 12.6. The predicted molar refractivity (Wildman–Crippen MR) is 106 cm³/mol. The van der Waals surface area contributed by atoms with Crippen molar-refractivity contribution >= 4 is 20.2 Å². The van der Waals surface area contributed by atoms with Crippen LogP contribution in [0.3, 0.4) is 0 Å². The average molecular weight is 360 g/mol. The molecular weight excluding hydrogens is 338 g/mol. The van der Waals surface area contributed by atoms with E-state index in [2.05, 4.69) is 5.80 Å². The Kier molecular flexibility index (Phi) is 6.01. The van der Waals surface area contributed by atoms with Crippen molar-refractivity contribution in [3.8, 4) is 16.9 Å². The third-order valence-electron chi connectivity index (χ3n) is 4.11. The summed E-state index contributed by atoms with van der Waals surface area (Å²) in [5.74, 6) is 6.10. The summed E-state index contributed by atoms with van der Waals surface area (Å²) >= 11 is 0. The number of hydrogen-bond donors (Lipinski definition) is 0. The summed E-state index contributed by atoms with van der Waals surface area (Å²) in [5.41, 5.74) is 3.11. The van der Waals surface area contributed by atoms with Crippen LogP contribution >= 0.6 is 0 Å². The molecule has 0 N–H and O–H groups in total. The number of carbonyl (C=O) groups excluding carboxylic acids is 1. The summed E-state index contributed by atoms with van der Waals surface area (Å²) in [6, 6.07) is 7.48. The van der Waals surface area contributed by atoms with E-state index in [4.69, 9.17) is 21.5 Å². The molecule has 0 bridgehead atoms. The molecule has 1 fully saturated rings. The van der Waals surface area contributed by atoms with Crippen LogP contribution in [0.1, 0.15) is 55.0 Å². The third kappa shape index (κ3) is 4.98. The zero-order valence-electron chi connectivity index (χ0n) is 16.0. The van der Waals surface area contributed by atoms with Gasteiger partial charge in [-0.25, -0.2) is 0 Å². The molecule has 6 heteroatoms. The van der Waals surface area contributed by atoms with Crippen LogP contribution in [0.5, 0.6) is 0 Å². The first-order valence-corrected chi connectivity index (χ1v) is 9.05. The van der Waals surface area contributed by atoms with Gasteiger partial charge in [0.15, 0.2) is 0 Å². The Labute approximate surface area is 161 Å². The normalized spacial score (nSPS) is 15.1. The molecule has 1 aromatic heterocycles. The minimum atomic E-state index is -0.589. The standard InChI is InChI=1S/C21H22B2O4/c1-21(2,3)27-19(24)18-10-14(5-6-15(18)11-22)16-9-17(13-23-12-16)20-25-7-4-8-26-20/h5-6,9-10,12-13,20H,4,7-8H2,1-3H3. The predicted octanol–water partition coefficient (Wildman–Crippen LogP) is 3.56. The Hall–Kier alpha value is -2.13. The Balaban J connectivity index is 1.94. The van der Waals surface area contributed by atoms with Crippen molar-refractivity contribution in [2.75, 3.05) is 13.2 Å². The molecule has 2 aromatic rings. The molecule has 1 aliphatic heterocycles. The molecule has 2 heterocycles. The second-order valence-corrected chi connectivity index (χ2v) is 7.46. The van der Waals surface area contributed by atoms with Crippen molar-refractivity contribution in [2.24, 2.45) is 0 Å². The molecular formula is C21H22B2O4. The average Bonchev–Trinajstić information content (AvgIpc) is 2.67. The molecule has 0 radical (unpaired) electrons. The minimum absolute atomic E-state index is 0.353. The van der Waals surface area contributed by atoms with Gasteiger partial charge in [-0.1, -0.05) is 0 Å². The van der Waals surface area contributed by atoms with Gasteiger partial charge in [0, 0.05) is 0 Å². The van der Waals surface area contributed by atoms with Gasteiger partial charge < -0.3 is 0 Å². The van der Waals surface area contributed by atoms with Crippen molar-refractivity contribution in [2.45, 2.75) is 39.1 Å². The van der Waals surface area contributed by atoms with E-state index in [1.807, 2.05) is 51.7 Å². The Bertz CT molecular complexity index is 874. The molecule has 1 aliphatic rings. The Morgan fingerprint density at radius 2 is 1.93 bits per heavy atom. The van der Waals surface area contributed by atoms with E-state index in [1.165, 1.54) is 0 Å². The molecule has 1 aromatic carbocycles. The number of esters is 1. The van der Waals surface area contributed by atoms with Gasteiger partial charge in [0.05, 0.1) is 0 Å². The fourth-order valence-electron chi connectivity index (χ4n) is 2.90. The number of carbonyl (C=O) groups is 1. The summed E-state index contributed by atoms with van der Waals surface area (Å²) in [6.45, 7) is 8.82. The van der Waals surface area contributed by atoms with E-state index < -0.39 is 11.6 Å². The molecule has 27 heavy (non-hydrogen) atoms.